The predicted molar refractivity (Wildman–Crippen MR) is 99.3 cm³/mol. The number of ether oxygens (including phenoxy) is 1. The van der Waals surface area contributed by atoms with Crippen molar-refractivity contribution in [3.63, 3.8) is 0 Å². The third-order valence-electron chi connectivity index (χ3n) is 4.07. The van der Waals surface area contributed by atoms with E-state index in [1.54, 1.807) is 0 Å². The molecule has 5 nitrogen and oxygen atoms in total. The largest absolute Gasteiger partial charge is 1.00 e. The van der Waals surface area contributed by atoms with Gasteiger partial charge in [0.05, 0.1) is 44.6 Å². The monoisotopic (exact) mass is 373 g/mol. The van der Waals surface area contributed by atoms with Crippen LogP contribution < -0.4 is 27.6 Å². The van der Waals surface area contributed by atoms with Crippen molar-refractivity contribution in [3.8, 4) is 5.88 Å². The van der Waals surface area contributed by atoms with Crippen LogP contribution in [0, 0.1) is 0 Å². The molecule has 1 aromatic heterocycles. The number of fused-ring (bicyclic) bond motifs is 1. The molecule has 0 aliphatic rings. The Morgan fingerprint density at radius 1 is 1.00 bits per heavy atom. The molecule has 0 bridgehead atoms. The average Bonchev–Trinajstić information content (AvgIpc) is 2.63. The molecule has 1 heterocycles. The molecule has 0 aliphatic carbocycles. The van der Waals surface area contributed by atoms with Crippen molar-refractivity contribution in [2.45, 2.75) is 13.0 Å². The van der Waals surface area contributed by atoms with Gasteiger partial charge < -0.3 is 22.0 Å². The number of nitrogens with one attached hydrogen (secondary N) is 1. The highest BCUT2D eigenvalue weighted by Crippen LogP contribution is 2.20. The van der Waals surface area contributed by atoms with Crippen molar-refractivity contribution in [3.05, 3.63) is 70.5 Å². The Balaban J connectivity index is 0.00000243. The van der Waals surface area contributed by atoms with E-state index in [4.69, 9.17) is 4.74 Å². The summed E-state index contributed by atoms with van der Waals surface area (Å²) in [6.07, 6.45) is 0.941. The van der Waals surface area contributed by atoms with Crippen LogP contribution in [0.1, 0.15) is 12.0 Å². The van der Waals surface area contributed by atoms with Crippen LogP contribution in [0.5, 0.6) is 5.88 Å². The lowest BCUT2D eigenvalue weighted by Gasteiger charge is -2.12. The Bertz CT molecular complexity index is 894. The summed E-state index contributed by atoms with van der Waals surface area (Å²) in [6, 6.07) is 17.4. The first kappa shape index (κ1) is 19.9. The normalized spacial score (nSPS) is 10.7. The molecule has 1 N–H and O–H groups in total. The Labute approximate surface area is 159 Å². The van der Waals surface area contributed by atoms with Gasteiger partial charge in [0.1, 0.15) is 0 Å². The molecular weight excluding hydrogens is 350 g/mol. The minimum Gasteiger partial charge on any atom is -1.00 e. The van der Waals surface area contributed by atoms with Crippen LogP contribution in [0.3, 0.4) is 0 Å². The van der Waals surface area contributed by atoms with Gasteiger partial charge in [-0.05, 0) is 17.7 Å². The number of quaternary nitrogens is 1. The van der Waals surface area contributed by atoms with Crippen LogP contribution in [0.2, 0.25) is 0 Å². The molecule has 3 rings (SSSR count). The minimum absolute atomic E-state index is 0. The van der Waals surface area contributed by atoms with Gasteiger partial charge in [0.15, 0.2) is 0 Å². The number of nitrogens with zero attached hydrogens (tertiary/aromatic N) is 2. The number of rotatable bonds is 7. The second-order valence-corrected chi connectivity index (χ2v) is 6.46. The van der Waals surface area contributed by atoms with Gasteiger partial charge in [-0.1, -0.05) is 42.5 Å². The van der Waals surface area contributed by atoms with E-state index >= 15 is 0 Å². The molecule has 0 unspecified atom stereocenters. The van der Waals surface area contributed by atoms with Gasteiger partial charge in [-0.2, -0.15) is 0 Å². The summed E-state index contributed by atoms with van der Waals surface area (Å²) in [6.45, 7) is 2.05. The Morgan fingerprint density at radius 2 is 1.65 bits per heavy atom. The van der Waals surface area contributed by atoms with Gasteiger partial charge >= 0.3 is 0 Å². The molecule has 3 aromatic rings. The molecule has 0 amide bonds. The zero-order chi connectivity index (χ0) is 17.6. The SMILES string of the molecule is C[NH+](C)CCCOc1nn(Cc2ccccc2)c(=O)c2ccccc12.[Cl-]. The van der Waals surface area contributed by atoms with Crippen LogP contribution in [0.4, 0.5) is 0 Å². The van der Waals surface area contributed by atoms with Gasteiger partial charge in [-0.25, -0.2) is 4.68 Å². The van der Waals surface area contributed by atoms with E-state index in [0.29, 0.717) is 24.4 Å². The quantitative estimate of drug-likeness (QED) is 0.506. The number of aromatic nitrogens is 2. The average molecular weight is 374 g/mol. The van der Waals surface area contributed by atoms with Gasteiger partial charge in [0.25, 0.3) is 5.56 Å². The van der Waals surface area contributed by atoms with Crippen molar-refractivity contribution in [1.82, 2.24) is 9.78 Å². The summed E-state index contributed by atoms with van der Waals surface area (Å²) >= 11 is 0. The lowest BCUT2D eigenvalue weighted by atomic mass is 10.2. The van der Waals surface area contributed by atoms with Crippen molar-refractivity contribution in [2.75, 3.05) is 27.2 Å². The van der Waals surface area contributed by atoms with Crippen LogP contribution >= 0.6 is 0 Å². The second kappa shape index (κ2) is 9.36. The molecule has 0 aliphatic heterocycles. The maximum Gasteiger partial charge on any atom is 0.275 e. The number of hydrogen-bond acceptors (Lipinski definition) is 3. The minimum atomic E-state index is -0.0930. The summed E-state index contributed by atoms with van der Waals surface area (Å²) in [5, 5.41) is 5.90. The second-order valence-electron chi connectivity index (χ2n) is 6.46. The van der Waals surface area contributed by atoms with Gasteiger partial charge in [0, 0.05) is 6.42 Å². The van der Waals surface area contributed by atoms with Crippen LogP contribution in [0.15, 0.2) is 59.4 Å². The number of benzene rings is 2. The zero-order valence-corrected chi connectivity index (χ0v) is 15.9. The van der Waals surface area contributed by atoms with E-state index in [0.717, 1.165) is 23.9 Å². The smallest absolute Gasteiger partial charge is 0.275 e. The Kier molecular flexibility index (Phi) is 7.18. The highest BCUT2D eigenvalue weighted by molar-refractivity contribution is 5.85. The molecule has 0 saturated heterocycles. The summed E-state index contributed by atoms with van der Waals surface area (Å²) in [4.78, 5) is 14.1. The van der Waals surface area contributed by atoms with E-state index < -0.39 is 0 Å². The van der Waals surface area contributed by atoms with E-state index in [9.17, 15) is 4.79 Å². The summed E-state index contributed by atoms with van der Waals surface area (Å²) < 4.78 is 7.41. The fourth-order valence-electron chi connectivity index (χ4n) is 2.77. The first-order chi connectivity index (χ1) is 12.1. The van der Waals surface area contributed by atoms with E-state index in [-0.39, 0.29) is 18.0 Å². The van der Waals surface area contributed by atoms with Crippen LogP contribution in [-0.2, 0) is 6.54 Å². The molecule has 0 atom stereocenters. The standard InChI is InChI=1S/C20H23N3O2.ClH/c1-22(2)13-8-14-25-19-17-11-6-7-12-18(17)20(24)23(21-19)15-16-9-4-3-5-10-16;/h3-7,9-12H,8,13-15H2,1-2H3;1H. The molecule has 2 aromatic carbocycles. The fraction of sp³-hybridized carbons (Fsp3) is 0.300. The first-order valence-electron chi connectivity index (χ1n) is 8.61. The molecule has 6 heteroatoms. The van der Waals surface area contributed by atoms with Crippen molar-refractivity contribution in [2.24, 2.45) is 0 Å². The van der Waals surface area contributed by atoms with E-state index in [1.165, 1.54) is 9.58 Å². The Hall–Kier alpha value is -2.37. The molecule has 0 spiro atoms. The molecule has 0 saturated carbocycles. The molecule has 138 valence electrons. The lowest BCUT2D eigenvalue weighted by molar-refractivity contribution is -0.858. The maximum absolute atomic E-state index is 12.7. The van der Waals surface area contributed by atoms with Gasteiger partial charge in [-0.15, -0.1) is 5.10 Å². The predicted octanol–water partition coefficient (Wildman–Crippen LogP) is -1.64. The highest BCUT2D eigenvalue weighted by atomic mass is 35.5. The summed E-state index contributed by atoms with van der Waals surface area (Å²) in [5.41, 5.74) is 0.944. The fourth-order valence-corrected chi connectivity index (χ4v) is 2.77. The van der Waals surface area contributed by atoms with Crippen molar-refractivity contribution < 1.29 is 22.0 Å². The number of hydrogen-bond donors (Lipinski definition) is 1. The third kappa shape index (κ3) is 4.84. The molecular formula is C20H24ClN3O2. The highest BCUT2D eigenvalue weighted by Gasteiger charge is 2.12. The van der Waals surface area contributed by atoms with Crippen LogP contribution in [0.25, 0.3) is 10.8 Å². The van der Waals surface area contributed by atoms with E-state index in [1.807, 2.05) is 54.6 Å². The lowest BCUT2D eigenvalue weighted by Crippen LogP contribution is -3.05. The zero-order valence-electron chi connectivity index (χ0n) is 15.1. The molecule has 0 radical (unpaired) electrons. The summed E-state index contributed by atoms with van der Waals surface area (Å²) in [7, 11) is 4.24. The summed E-state index contributed by atoms with van der Waals surface area (Å²) in [5.74, 6) is 0.528. The molecule has 0 fully saturated rings. The molecule has 26 heavy (non-hydrogen) atoms. The third-order valence-corrected chi connectivity index (χ3v) is 4.07. The number of halogens is 1. The maximum atomic E-state index is 12.7. The van der Waals surface area contributed by atoms with Gasteiger partial charge in [0.2, 0.25) is 5.88 Å². The topological polar surface area (TPSA) is 48.6 Å². The Morgan fingerprint density at radius 3 is 2.35 bits per heavy atom. The van der Waals surface area contributed by atoms with E-state index in [2.05, 4.69) is 19.2 Å². The first-order valence-corrected chi connectivity index (χ1v) is 8.61. The van der Waals surface area contributed by atoms with Gasteiger partial charge in [-0.3, -0.25) is 4.79 Å². The van der Waals surface area contributed by atoms with Crippen molar-refractivity contribution in [1.29, 1.82) is 0 Å². The van der Waals surface area contributed by atoms with Crippen LogP contribution in [-0.4, -0.2) is 37.0 Å². The van der Waals surface area contributed by atoms with Crippen molar-refractivity contribution >= 4 is 10.8 Å².